The van der Waals surface area contributed by atoms with Gasteiger partial charge in [0.1, 0.15) is 17.6 Å². The Kier molecular flexibility index (Phi) is 15.1. The molecule has 3 heterocycles. The molecule has 18 heteroatoms. The van der Waals surface area contributed by atoms with Crippen molar-refractivity contribution >= 4 is 58.1 Å². The van der Waals surface area contributed by atoms with Gasteiger partial charge in [-0.3, -0.25) is 38.7 Å². The summed E-state index contributed by atoms with van der Waals surface area (Å²) in [5.74, 6) is -2.98. The van der Waals surface area contributed by atoms with Crippen molar-refractivity contribution in [2.45, 2.75) is 95.4 Å². The number of nitrogens with zero attached hydrogens (tertiary/aromatic N) is 4. The molecular weight excluding hydrogens is 740 g/mol. The van der Waals surface area contributed by atoms with Gasteiger partial charge in [0.25, 0.3) is 23.3 Å². The van der Waals surface area contributed by atoms with E-state index < -0.39 is 41.1 Å². The molecule has 18 nitrogen and oxygen atoms in total. The Labute approximate surface area is 328 Å². The van der Waals surface area contributed by atoms with Crippen molar-refractivity contribution in [2.75, 3.05) is 37.9 Å². The number of H-pyrrole nitrogens is 1. The fourth-order valence-corrected chi connectivity index (χ4v) is 6.54. The maximum absolute atomic E-state index is 13.0. The smallest absolute Gasteiger partial charge is 0.328 e. The third-order valence-electron chi connectivity index (χ3n) is 9.67. The minimum atomic E-state index is -1.03. The minimum absolute atomic E-state index is 0.0438. The third-order valence-corrected chi connectivity index (χ3v) is 9.67. The lowest BCUT2D eigenvalue weighted by Crippen LogP contribution is -2.41. The number of rotatable bonds is 22. The van der Waals surface area contributed by atoms with Gasteiger partial charge in [0.15, 0.2) is 17.0 Å². The average Bonchev–Trinajstić information content (AvgIpc) is 3.54. The van der Waals surface area contributed by atoms with Gasteiger partial charge in [0, 0.05) is 68.5 Å². The molecule has 0 unspecified atom stereocenters. The van der Waals surface area contributed by atoms with Crippen LogP contribution >= 0.6 is 0 Å². The first-order valence-electron chi connectivity index (χ1n) is 19.0. The Balaban J connectivity index is 1.01. The summed E-state index contributed by atoms with van der Waals surface area (Å²) in [6.45, 7) is 0.907. The summed E-state index contributed by atoms with van der Waals surface area (Å²) in [4.78, 5) is 102. The van der Waals surface area contributed by atoms with Gasteiger partial charge < -0.3 is 30.6 Å². The van der Waals surface area contributed by atoms with Crippen molar-refractivity contribution in [3.63, 3.8) is 0 Å². The Bertz CT molecular complexity index is 2010. The quantitative estimate of drug-likeness (QED) is 0.0494. The van der Waals surface area contributed by atoms with Crippen LogP contribution in [0.3, 0.4) is 0 Å². The summed E-state index contributed by atoms with van der Waals surface area (Å²) < 4.78 is 17.3. The second-order valence-corrected chi connectivity index (χ2v) is 13.9. The second kappa shape index (κ2) is 20.3. The van der Waals surface area contributed by atoms with Crippen LogP contribution in [0.15, 0.2) is 47.4 Å². The van der Waals surface area contributed by atoms with Crippen LogP contribution < -0.4 is 21.9 Å². The summed E-state index contributed by atoms with van der Waals surface area (Å²) in [5.41, 5.74) is 6.68. The van der Waals surface area contributed by atoms with Gasteiger partial charge in [0.05, 0.1) is 38.8 Å². The van der Waals surface area contributed by atoms with E-state index >= 15 is 0 Å². The number of ketones is 2. The average molecular weight is 789 g/mol. The summed E-state index contributed by atoms with van der Waals surface area (Å²) in [6, 6.07) is 5.46. The lowest BCUT2D eigenvalue weighted by atomic mass is 9.94. The van der Waals surface area contributed by atoms with Crippen molar-refractivity contribution in [2.24, 2.45) is 0 Å². The highest BCUT2D eigenvalue weighted by Gasteiger charge is 2.34. The molecule has 1 aliphatic heterocycles. The van der Waals surface area contributed by atoms with E-state index in [0.717, 1.165) is 24.2 Å². The monoisotopic (exact) mass is 788 g/mol. The summed E-state index contributed by atoms with van der Waals surface area (Å²) in [7, 11) is 1.21. The van der Waals surface area contributed by atoms with Crippen LogP contribution in [0.1, 0.15) is 93.1 Å². The molecule has 2 aliphatic rings. The highest BCUT2D eigenvalue weighted by molar-refractivity contribution is 6.13. The number of aromatic amines is 1. The number of methoxy groups -OCH3 is 1. The first-order chi connectivity index (χ1) is 27.4. The fourth-order valence-electron chi connectivity index (χ4n) is 6.54. The zero-order valence-electron chi connectivity index (χ0n) is 31.9. The second-order valence-electron chi connectivity index (χ2n) is 13.9. The molecule has 0 saturated heterocycles. The molecule has 0 bridgehead atoms. The van der Waals surface area contributed by atoms with Crippen molar-refractivity contribution in [1.82, 2.24) is 30.2 Å². The van der Waals surface area contributed by atoms with E-state index in [9.17, 15) is 33.6 Å². The lowest BCUT2D eigenvalue weighted by molar-refractivity contribution is -0.253. The van der Waals surface area contributed by atoms with Gasteiger partial charge in [-0.25, -0.2) is 14.8 Å². The van der Waals surface area contributed by atoms with E-state index in [0.29, 0.717) is 50.3 Å². The Hall–Kier alpha value is -5.88. The predicted octanol–water partition coefficient (Wildman–Crippen LogP) is 2.67. The maximum atomic E-state index is 13.0. The molecule has 3 aromatic rings. The van der Waals surface area contributed by atoms with Crippen LogP contribution in [-0.2, 0) is 44.7 Å². The molecule has 5 N–H and O–H groups in total. The highest BCUT2D eigenvalue weighted by atomic mass is 16.7. The molecule has 1 atom stereocenters. The number of imide groups is 1. The standard InChI is InChI=1S/C39H48N8O10/c1-55-37(54)30(44-35(52)25-9-11-26(12-10-25)41-23-27-24-42-34-33(43-27)36(53)46-38(40)45-34)14-13-28(48)7-5-21-56-39(18-3-2-4-19-39)57-22-6-8-29(49)17-20-47-31(50)15-16-32(47)51/h9-12,15-16,24,30,41H,2-8,13-14,17-23H2,1H3,(H,44,52)(H3,40,42,45,46,53)/t30-/m0/s1. The van der Waals surface area contributed by atoms with Crippen molar-refractivity contribution < 1.29 is 43.0 Å². The van der Waals surface area contributed by atoms with Crippen LogP contribution in [0.4, 0.5) is 11.6 Å². The number of nitrogens with two attached hydrogens (primary N) is 1. The van der Waals surface area contributed by atoms with Gasteiger partial charge >= 0.3 is 5.97 Å². The molecule has 1 fully saturated rings. The number of benzene rings is 1. The number of amides is 3. The minimum Gasteiger partial charge on any atom is -0.467 e. The van der Waals surface area contributed by atoms with Crippen LogP contribution in [-0.4, -0.2) is 98.8 Å². The van der Waals surface area contributed by atoms with Crippen molar-refractivity contribution in [3.05, 3.63) is 64.2 Å². The summed E-state index contributed by atoms with van der Waals surface area (Å²) >= 11 is 0. The molecule has 304 valence electrons. The molecule has 1 saturated carbocycles. The molecular formula is C39H48N8O10. The number of ether oxygens (including phenoxy) is 3. The summed E-state index contributed by atoms with van der Waals surface area (Å²) in [5, 5.41) is 5.81. The highest BCUT2D eigenvalue weighted by Crippen LogP contribution is 2.33. The lowest BCUT2D eigenvalue weighted by Gasteiger charge is -2.37. The fraction of sp³-hybridized carbons (Fsp3) is 0.487. The van der Waals surface area contributed by atoms with Gasteiger partial charge in [0.2, 0.25) is 5.95 Å². The molecule has 1 aromatic carbocycles. The number of nitrogens with one attached hydrogen (secondary N) is 3. The number of aromatic nitrogens is 4. The Morgan fingerprint density at radius 3 is 2.19 bits per heavy atom. The number of anilines is 2. The number of carbonyl (C=O) groups is 6. The number of fused-ring (bicyclic) bond motifs is 1. The van der Waals surface area contributed by atoms with E-state index in [2.05, 4.69) is 30.6 Å². The number of Topliss-reactive ketones (excluding diaryl/α,β-unsaturated/α-hetero) is 2. The number of nitrogen functional groups attached to an aromatic ring is 1. The number of esters is 1. The largest absolute Gasteiger partial charge is 0.467 e. The zero-order chi connectivity index (χ0) is 40.8. The maximum Gasteiger partial charge on any atom is 0.328 e. The van der Waals surface area contributed by atoms with Crippen LogP contribution in [0.2, 0.25) is 0 Å². The molecule has 57 heavy (non-hydrogen) atoms. The van der Waals surface area contributed by atoms with Crippen LogP contribution in [0.25, 0.3) is 11.2 Å². The zero-order valence-corrected chi connectivity index (χ0v) is 31.9. The number of hydrogen-bond acceptors (Lipinski definition) is 15. The van der Waals surface area contributed by atoms with E-state index in [4.69, 9.17) is 19.9 Å². The van der Waals surface area contributed by atoms with Gasteiger partial charge in [-0.15, -0.1) is 0 Å². The number of carbonyl (C=O) groups excluding carboxylic acids is 6. The molecule has 0 spiro atoms. The van der Waals surface area contributed by atoms with E-state index in [1.54, 1.807) is 24.3 Å². The normalized spacial score (nSPS) is 15.4. The van der Waals surface area contributed by atoms with Gasteiger partial charge in [-0.2, -0.15) is 4.98 Å². The first kappa shape index (κ1) is 42.3. The van der Waals surface area contributed by atoms with Crippen molar-refractivity contribution in [1.29, 1.82) is 0 Å². The molecule has 5 rings (SSSR count). The Morgan fingerprint density at radius 2 is 1.54 bits per heavy atom. The SMILES string of the molecule is COC(=O)[C@H](CCC(=O)CCCOC1(OCCCC(=O)CCN2C(=O)C=CC2=O)CCCCC1)NC(=O)c1ccc(NCc2cnc3nc(N)[nH]c(=O)c3n2)cc1. The van der Waals surface area contributed by atoms with Crippen molar-refractivity contribution in [3.8, 4) is 0 Å². The van der Waals surface area contributed by atoms with E-state index in [-0.39, 0.29) is 79.4 Å². The van der Waals surface area contributed by atoms with Gasteiger partial charge in [-0.05, 0) is 56.4 Å². The molecule has 2 aromatic heterocycles. The third kappa shape index (κ3) is 12.3. The first-order valence-corrected chi connectivity index (χ1v) is 19.0. The van der Waals surface area contributed by atoms with Crippen LogP contribution in [0.5, 0.6) is 0 Å². The van der Waals surface area contributed by atoms with Gasteiger partial charge in [-0.1, -0.05) is 6.42 Å². The van der Waals surface area contributed by atoms with E-state index in [1.807, 2.05) is 0 Å². The Morgan fingerprint density at radius 1 is 0.895 bits per heavy atom. The summed E-state index contributed by atoms with van der Waals surface area (Å²) in [6.07, 6.45) is 9.82. The van der Waals surface area contributed by atoms with E-state index in [1.165, 1.54) is 25.5 Å². The predicted molar refractivity (Wildman–Crippen MR) is 205 cm³/mol. The molecule has 0 radical (unpaired) electrons. The molecule has 1 aliphatic carbocycles. The topological polar surface area (TPSA) is 255 Å². The molecule has 3 amide bonds. The van der Waals surface area contributed by atoms with Crippen LogP contribution in [0, 0.1) is 0 Å². The number of hydrogen-bond donors (Lipinski definition) is 4.